The van der Waals surface area contributed by atoms with Crippen molar-refractivity contribution in [3.63, 3.8) is 0 Å². The molecule has 0 N–H and O–H groups in total. The van der Waals surface area contributed by atoms with Gasteiger partial charge in [-0.1, -0.05) is 24.3 Å². The van der Waals surface area contributed by atoms with Crippen molar-refractivity contribution in [1.29, 1.82) is 0 Å². The van der Waals surface area contributed by atoms with E-state index in [1.807, 2.05) is 36.4 Å². The molecule has 0 amide bonds. The Morgan fingerprint density at radius 3 is 2.56 bits per heavy atom. The average Bonchev–Trinajstić information content (AvgIpc) is 2.38. The van der Waals surface area contributed by atoms with Crippen LogP contribution in [0.2, 0.25) is 0 Å². The smallest absolute Gasteiger partial charge is 0.119 e. The van der Waals surface area contributed by atoms with Gasteiger partial charge >= 0.3 is 0 Å². The third-order valence-electron chi connectivity index (χ3n) is 2.14. The monoisotopic (exact) mass is 212 g/mol. The molecule has 80 valence electrons. The largest absolute Gasteiger partial charge is 0.497 e. The minimum atomic E-state index is 0.853. The van der Waals surface area contributed by atoms with E-state index < -0.39 is 0 Å². The minimum absolute atomic E-state index is 0.853. The van der Waals surface area contributed by atoms with Gasteiger partial charge in [-0.3, -0.25) is 0 Å². The van der Waals surface area contributed by atoms with Gasteiger partial charge in [0.15, 0.2) is 0 Å². The SMILES string of the molecule is COc1cccc(/C=C/c2cncnc2)c1. The van der Waals surface area contributed by atoms with Gasteiger partial charge in [-0.25, -0.2) is 9.97 Å². The van der Waals surface area contributed by atoms with Crippen LogP contribution in [0, 0.1) is 0 Å². The first-order valence-corrected chi connectivity index (χ1v) is 4.95. The van der Waals surface area contributed by atoms with E-state index in [0.29, 0.717) is 0 Å². The van der Waals surface area contributed by atoms with Crippen molar-refractivity contribution >= 4 is 12.2 Å². The normalized spacial score (nSPS) is 10.6. The van der Waals surface area contributed by atoms with Crippen LogP contribution in [0.3, 0.4) is 0 Å². The maximum absolute atomic E-state index is 5.15. The van der Waals surface area contributed by atoms with E-state index in [-0.39, 0.29) is 0 Å². The summed E-state index contributed by atoms with van der Waals surface area (Å²) in [7, 11) is 1.66. The van der Waals surface area contributed by atoms with Crippen LogP contribution in [0.5, 0.6) is 5.75 Å². The summed E-state index contributed by atoms with van der Waals surface area (Å²) in [6, 6.07) is 7.87. The second kappa shape index (κ2) is 5.07. The number of aromatic nitrogens is 2. The summed E-state index contributed by atoms with van der Waals surface area (Å²) in [6.07, 6.45) is 9.02. The molecule has 1 aromatic heterocycles. The zero-order valence-corrected chi connectivity index (χ0v) is 9.00. The summed E-state index contributed by atoms with van der Waals surface area (Å²) in [5.41, 5.74) is 2.06. The van der Waals surface area contributed by atoms with Crippen molar-refractivity contribution in [2.75, 3.05) is 7.11 Å². The number of rotatable bonds is 3. The number of benzene rings is 1. The predicted octanol–water partition coefficient (Wildman–Crippen LogP) is 2.66. The highest BCUT2D eigenvalue weighted by atomic mass is 16.5. The van der Waals surface area contributed by atoms with Crippen LogP contribution in [0.4, 0.5) is 0 Å². The molecule has 0 unspecified atom stereocenters. The predicted molar refractivity (Wildman–Crippen MR) is 64.0 cm³/mol. The lowest BCUT2D eigenvalue weighted by atomic mass is 10.2. The summed E-state index contributed by atoms with van der Waals surface area (Å²) in [5.74, 6) is 0.853. The van der Waals surface area contributed by atoms with Crippen LogP contribution in [0.25, 0.3) is 12.2 Å². The van der Waals surface area contributed by atoms with Gasteiger partial charge in [0.05, 0.1) is 7.11 Å². The number of ether oxygens (including phenoxy) is 1. The highest BCUT2D eigenvalue weighted by molar-refractivity contribution is 5.69. The highest BCUT2D eigenvalue weighted by Crippen LogP contribution is 2.14. The van der Waals surface area contributed by atoms with E-state index in [2.05, 4.69) is 9.97 Å². The van der Waals surface area contributed by atoms with Gasteiger partial charge < -0.3 is 4.74 Å². The van der Waals surface area contributed by atoms with Gasteiger partial charge in [0.1, 0.15) is 12.1 Å². The molecule has 0 radical (unpaired) electrons. The van der Waals surface area contributed by atoms with E-state index in [4.69, 9.17) is 4.74 Å². The zero-order chi connectivity index (χ0) is 11.2. The number of nitrogens with zero attached hydrogens (tertiary/aromatic N) is 2. The molecule has 1 aromatic carbocycles. The molecule has 1 heterocycles. The van der Waals surface area contributed by atoms with Gasteiger partial charge in [0.2, 0.25) is 0 Å². The lowest BCUT2D eigenvalue weighted by Gasteiger charge is -1.99. The summed E-state index contributed by atoms with van der Waals surface area (Å²) in [5, 5.41) is 0. The van der Waals surface area contributed by atoms with Crippen LogP contribution in [0.15, 0.2) is 43.0 Å². The van der Waals surface area contributed by atoms with Gasteiger partial charge in [0.25, 0.3) is 0 Å². The Balaban J connectivity index is 2.17. The van der Waals surface area contributed by atoms with Gasteiger partial charge in [-0.2, -0.15) is 0 Å². The molecule has 16 heavy (non-hydrogen) atoms. The van der Waals surface area contributed by atoms with E-state index in [1.165, 1.54) is 6.33 Å². The molecule has 0 aliphatic carbocycles. The highest BCUT2D eigenvalue weighted by Gasteiger charge is 1.91. The van der Waals surface area contributed by atoms with Gasteiger partial charge in [-0.15, -0.1) is 0 Å². The lowest BCUT2D eigenvalue weighted by Crippen LogP contribution is -1.82. The molecule has 3 heteroatoms. The molecule has 2 rings (SSSR count). The van der Waals surface area contributed by atoms with Crippen molar-refractivity contribution in [3.05, 3.63) is 54.1 Å². The molecule has 2 aromatic rings. The van der Waals surface area contributed by atoms with Crippen molar-refractivity contribution < 1.29 is 4.74 Å². The van der Waals surface area contributed by atoms with Crippen molar-refractivity contribution in [2.24, 2.45) is 0 Å². The maximum Gasteiger partial charge on any atom is 0.119 e. The second-order valence-electron chi connectivity index (χ2n) is 3.28. The first-order chi connectivity index (χ1) is 7.88. The van der Waals surface area contributed by atoms with E-state index in [1.54, 1.807) is 19.5 Å². The Bertz CT molecular complexity index is 480. The third kappa shape index (κ3) is 2.67. The van der Waals surface area contributed by atoms with Crippen LogP contribution in [-0.4, -0.2) is 17.1 Å². The van der Waals surface area contributed by atoms with Crippen LogP contribution in [-0.2, 0) is 0 Å². The quantitative estimate of drug-likeness (QED) is 0.784. The Labute approximate surface area is 94.4 Å². The minimum Gasteiger partial charge on any atom is -0.497 e. The molecule has 0 spiro atoms. The molecule has 3 nitrogen and oxygen atoms in total. The molecule has 0 fully saturated rings. The molecule has 0 saturated carbocycles. The number of hydrogen-bond acceptors (Lipinski definition) is 3. The fourth-order valence-corrected chi connectivity index (χ4v) is 1.33. The first-order valence-electron chi connectivity index (χ1n) is 4.95. The van der Waals surface area contributed by atoms with Crippen LogP contribution in [0.1, 0.15) is 11.1 Å². The Morgan fingerprint density at radius 2 is 1.81 bits per heavy atom. The fourth-order valence-electron chi connectivity index (χ4n) is 1.33. The lowest BCUT2D eigenvalue weighted by molar-refractivity contribution is 0.414. The summed E-state index contributed by atoms with van der Waals surface area (Å²) >= 11 is 0. The molecular formula is C13H12N2O. The third-order valence-corrected chi connectivity index (χ3v) is 2.14. The van der Waals surface area contributed by atoms with Gasteiger partial charge in [0, 0.05) is 18.0 Å². The fraction of sp³-hybridized carbons (Fsp3) is 0.0769. The van der Waals surface area contributed by atoms with Crippen LogP contribution >= 0.6 is 0 Å². The summed E-state index contributed by atoms with van der Waals surface area (Å²) in [6.45, 7) is 0. The number of hydrogen-bond donors (Lipinski definition) is 0. The maximum atomic E-state index is 5.15. The summed E-state index contributed by atoms with van der Waals surface area (Å²) < 4.78 is 5.15. The average molecular weight is 212 g/mol. The van der Waals surface area contributed by atoms with Crippen molar-refractivity contribution in [3.8, 4) is 5.75 Å². The Hall–Kier alpha value is -2.16. The number of methoxy groups -OCH3 is 1. The van der Waals surface area contributed by atoms with Gasteiger partial charge in [-0.05, 0) is 17.7 Å². The summed E-state index contributed by atoms with van der Waals surface area (Å²) in [4.78, 5) is 7.89. The molecule has 0 atom stereocenters. The Kier molecular flexibility index (Phi) is 3.28. The van der Waals surface area contributed by atoms with Crippen molar-refractivity contribution in [1.82, 2.24) is 9.97 Å². The molecule has 0 aliphatic heterocycles. The van der Waals surface area contributed by atoms with E-state index in [0.717, 1.165) is 16.9 Å². The second-order valence-corrected chi connectivity index (χ2v) is 3.28. The van der Waals surface area contributed by atoms with E-state index in [9.17, 15) is 0 Å². The molecular weight excluding hydrogens is 200 g/mol. The molecule has 0 saturated heterocycles. The Morgan fingerprint density at radius 1 is 1.06 bits per heavy atom. The van der Waals surface area contributed by atoms with Crippen LogP contribution < -0.4 is 4.74 Å². The molecule has 0 aliphatic rings. The standard InChI is InChI=1S/C13H12N2O/c1-16-13-4-2-3-11(7-13)5-6-12-8-14-10-15-9-12/h2-10H,1H3/b6-5+. The zero-order valence-electron chi connectivity index (χ0n) is 9.00. The van der Waals surface area contributed by atoms with Crippen molar-refractivity contribution in [2.45, 2.75) is 0 Å². The molecule has 0 bridgehead atoms. The van der Waals surface area contributed by atoms with E-state index >= 15 is 0 Å². The topological polar surface area (TPSA) is 35.0 Å². The first kappa shape index (κ1) is 10.4.